The zero-order valence-corrected chi connectivity index (χ0v) is 27.0. The second-order valence-corrected chi connectivity index (χ2v) is 14.6. The Labute approximate surface area is 262 Å². The van der Waals surface area contributed by atoms with Crippen molar-refractivity contribution in [1.82, 2.24) is 0 Å². The van der Waals surface area contributed by atoms with Crippen LogP contribution in [0.25, 0.3) is 43.1 Å². The summed E-state index contributed by atoms with van der Waals surface area (Å²) in [5.74, 6) is 0. The quantitative estimate of drug-likeness (QED) is 0.185. The van der Waals surface area contributed by atoms with Crippen molar-refractivity contribution in [1.29, 1.82) is 0 Å². The van der Waals surface area contributed by atoms with Crippen LogP contribution in [0.4, 0.5) is 0 Å². The summed E-state index contributed by atoms with van der Waals surface area (Å²) in [6, 6.07) is 45.8. The molecule has 7 aromatic carbocycles. The van der Waals surface area contributed by atoms with E-state index in [4.69, 9.17) is 0 Å². The lowest BCUT2D eigenvalue weighted by molar-refractivity contribution is 0.590. The Morgan fingerprint density at radius 1 is 0.364 bits per heavy atom. The first-order valence-corrected chi connectivity index (χ1v) is 16.0. The largest absolute Gasteiger partial charge is 0.0616 e. The highest BCUT2D eigenvalue weighted by molar-refractivity contribution is 6.07. The molecule has 218 valence electrons. The fourth-order valence-electron chi connectivity index (χ4n) is 6.99. The first kappa shape index (κ1) is 28.4. The van der Waals surface area contributed by atoms with E-state index in [0.29, 0.717) is 0 Å². The van der Waals surface area contributed by atoms with Crippen LogP contribution < -0.4 is 0 Å². The molecule has 0 nitrogen and oxygen atoms in total. The molecule has 7 rings (SSSR count). The molecule has 0 aliphatic heterocycles. The molecule has 44 heavy (non-hydrogen) atoms. The Morgan fingerprint density at radius 2 is 0.750 bits per heavy atom. The molecule has 0 aromatic heterocycles. The highest BCUT2D eigenvalue weighted by atomic mass is 14.3. The van der Waals surface area contributed by atoms with Crippen molar-refractivity contribution in [3.8, 4) is 0 Å². The summed E-state index contributed by atoms with van der Waals surface area (Å²) in [7, 11) is 0. The van der Waals surface area contributed by atoms with Crippen LogP contribution in [0.5, 0.6) is 0 Å². The average molecular weight is 571 g/mol. The van der Waals surface area contributed by atoms with E-state index in [0.717, 1.165) is 12.8 Å². The predicted molar refractivity (Wildman–Crippen MR) is 192 cm³/mol. The molecule has 0 saturated heterocycles. The molecule has 0 N–H and O–H groups in total. The Kier molecular flexibility index (Phi) is 6.85. The van der Waals surface area contributed by atoms with E-state index in [-0.39, 0.29) is 10.8 Å². The Hall–Kier alpha value is -4.42. The molecule has 0 unspecified atom stereocenters. The smallest absolute Gasteiger partial charge is 0.000728 e. The Bertz CT molecular complexity index is 2010. The van der Waals surface area contributed by atoms with E-state index >= 15 is 0 Å². The minimum atomic E-state index is 0.0613. The van der Waals surface area contributed by atoms with Gasteiger partial charge in [-0.05, 0) is 100 Å². The maximum absolute atomic E-state index is 2.50. The molecule has 0 bridgehead atoms. The lowest BCUT2D eigenvalue weighted by Gasteiger charge is -2.25. The summed E-state index contributed by atoms with van der Waals surface area (Å²) in [6.07, 6.45) is 1.79. The van der Waals surface area contributed by atoms with Crippen molar-refractivity contribution in [2.75, 3.05) is 0 Å². The van der Waals surface area contributed by atoms with Crippen LogP contribution in [0, 0.1) is 0 Å². The maximum atomic E-state index is 2.50. The molecule has 0 fully saturated rings. The summed E-state index contributed by atoms with van der Waals surface area (Å²) < 4.78 is 0. The van der Waals surface area contributed by atoms with E-state index in [1.807, 2.05) is 0 Å². The van der Waals surface area contributed by atoms with E-state index in [2.05, 4.69) is 163 Å². The maximum Gasteiger partial charge on any atom is -0.000728 e. The minimum Gasteiger partial charge on any atom is -0.0616 e. The Morgan fingerprint density at radius 3 is 1.16 bits per heavy atom. The summed E-state index contributed by atoms with van der Waals surface area (Å²) in [6.45, 7) is 14.0. The molecule has 0 heteroatoms. The van der Waals surface area contributed by atoms with Gasteiger partial charge in [-0.15, -0.1) is 0 Å². The van der Waals surface area contributed by atoms with E-state index in [1.165, 1.54) is 76.5 Å². The van der Waals surface area contributed by atoms with Crippen LogP contribution in [0.2, 0.25) is 0 Å². The average Bonchev–Trinajstić information content (AvgIpc) is 3.01. The Balaban J connectivity index is 1.57. The van der Waals surface area contributed by atoms with Crippen molar-refractivity contribution >= 4 is 43.1 Å². The fraction of sp³-hybridized carbons (Fsp3) is 0.227. The van der Waals surface area contributed by atoms with Crippen LogP contribution in [0.1, 0.15) is 74.9 Å². The van der Waals surface area contributed by atoms with Crippen molar-refractivity contribution < 1.29 is 0 Å². The van der Waals surface area contributed by atoms with Gasteiger partial charge in [-0.3, -0.25) is 0 Å². The van der Waals surface area contributed by atoms with Gasteiger partial charge in [0.05, 0.1) is 0 Å². The van der Waals surface area contributed by atoms with E-state index in [1.54, 1.807) is 0 Å². The molecular formula is C44H42. The molecule has 0 amide bonds. The number of rotatable bonds is 4. The van der Waals surface area contributed by atoms with Gasteiger partial charge >= 0.3 is 0 Å². The van der Waals surface area contributed by atoms with Crippen LogP contribution in [-0.2, 0) is 23.7 Å². The first-order chi connectivity index (χ1) is 21.1. The van der Waals surface area contributed by atoms with Crippen molar-refractivity contribution in [2.45, 2.75) is 65.2 Å². The summed E-state index contributed by atoms with van der Waals surface area (Å²) in [5, 5.41) is 10.8. The van der Waals surface area contributed by atoms with Gasteiger partial charge < -0.3 is 0 Å². The number of fused-ring (bicyclic) bond motifs is 4. The van der Waals surface area contributed by atoms with Gasteiger partial charge in [0.1, 0.15) is 0 Å². The lowest BCUT2D eigenvalue weighted by Crippen LogP contribution is -2.12. The molecule has 0 aliphatic rings. The van der Waals surface area contributed by atoms with Gasteiger partial charge in [0.15, 0.2) is 0 Å². The summed E-state index contributed by atoms with van der Waals surface area (Å²) in [4.78, 5) is 0. The number of hydrogen-bond acceptors (Lipinski definition) is 0. The van der Waals surface area contributed by atoms with Gasteiger partial charge in [-0.25, -0.2) is 0 Å². The van der Waals surface area contributed by atoms with Gasteiger partial charge in [0.25, 0.3) is 0 Å². The SMILES string of the molecule is CC(C)(C)c1ccc2c(Cc3cccc4ccccc34)c3cc(C(C)(C)C)ccc3c(Cc3cccc4ccccc34)c2c1. The van der Waals surface area contributed by atoms with Crippen LogP contribution in [0.15, 0.2) is 121 Å². The van der Waals surface area contributed by atoms with E-state index in [9.17, 15) is 0 Å². The molecule has 0 radical (unpaired) electrons. The molecule has 7 aromatic rings. The van der Waals surface area contributed by atoms with Gasteiger partial charge in [-0.2, -0.15) is 0 Å². The predicted octanol–water partition coefficient (Wildman–Crippen LogP) is 12.1. The van der Waals surface area contributed by atoms with Crippen LogP contribution in [0.3, 0.4) is 0 Å². The summed E-state index contributed by atoms with van der Waals surface area (Å²) in [5.41, 5.74) is 8.51. The third-order valence-corrected chi connectivity index (χ3v) is 9.57. The molecule has 0 saturated carbocycles. The first-order valence-electron chi connectivity index (χ1n) is 16.0. The molecule has 0 atom stereocenters. The third kappa shape index (κ3) is 5.07. The number of hydrogen-bond donors (Lipinski definition) is 0. The molecule has 0 aliphatic carbocycles. The fourth-order valence-corrected chi connectivity index (χ4v) is 6.99. The van der Waals surface area contributed by atoms with Crippen LogP contribution in [-0.4, -0.2) is 0 Å². The normalized spacial score (nSPS) is 12.5. The van der Waals surface area contributed by atoms with Crippen molar-refractivity contribution in [2.24, 2.45) is 0 Å². The summed E-state index contributed by atoms with van der Waals surface area (Å²) >= 11 is 0. The topological polar surface area (TPSA) is 0 Å². The minimum absolute atomic E-state index is 0.0613. The van der Waals surface area contributed by atoms with Crippen molar-refractivity contribution in [3.63, 3.8) is 0 Å². The monoisotopic (exact) mass is 570 g/mol. The van der Waals surface area contributed by atoms with Crippen molar-refractivity contribution in [3.05, 3.63) is 155 Å². The van der Waals surface area contributed by atoms with Gasteiger partial charge in [0.2, 0.25) is 0 Å². The van der Waals surface area contributed by atoms with Crippen LogP contribution >= 0.6 is 0 Å². The molecule has 0 spiro atoms. The third-order valence-electron chi connectivity index (χ3n) is 9.57. The zero-order valence-electron chi connectivity index (χ0n) is 27.0. The highest BCUT2D eigenvalue weighted by Crippen LogP contribution is 2.41. The standard InChI is InChI=1S/C44H42/c1-43(2,3)33-21-23-37-40(26-32-18-12-16-30-14-8-10-20-36(30)32)42-28-34(44(4,5)6)22-24-38(42)39(41(37)27-33)25-31-17-11-15-29-13-7-9-19-35(29)31/h7-24,27-28H,25-26H2,1-6H3. The van der Waals surface area contributed by atoms with Gasteiger partial charge in [-0.1, -0.05) is 163 Å². The molecular weight excluding hydrogens is 528 g/mol. The van der Waals surface area contributed by atoms with Gasteiger partial charge in [0, 0.05) is 0 Å². The molecule has 0 heterocycles. The highest BCUT2D eigenvalue weighted by Gasteiger charge is 2.22. The zero-order chi connectivity index (χ0) is 30.6. The van der Waals surface area contributed by atoms with E-state index < -0.39 is 0 Å². The number of benzene rings is 7. The second kappa shape index (κ2) is 10.6. The second-order valence-electron chi connectivity index (χ2n) is 14.6. The lowest BCUT2D eigenvalue weighted by atomic mass is 9.79.